The Labute approximate surface area is 319 Å². The molecular formula is C46H40N4O5. The Morgan fingerprint density at radius 1 is 0.818 bits per heavy atom. The summed E-state index contributed by atoms with van der Waals surface area (Å²) < 4.78 is 5.48. The number of benzene rings is 3. The summed E-state index contributed by atoms with van der Waals surface area (Å²) in [5.41, 5.74) is 5.08. The molecule has 5 aromatic rings. The van der Waals surface area contributed by atoms with Gasteiger partial charge in [0.25, 0.3) is 0 Å². The first-order valence-corrected chi connectivity index (χ1v) is 18.4. The monoisotopic (exact) mass is 728 g/mol. The van der Waals surface area contributed by atoms with E-state index in [1.165, 1.54) is 11.0 Å². The number of fused-ring (bicyclic) bond motifs is 5. The van der Waals surface area contributed by atoms with E-state index in [0.29, 0.717) is 22.5 Å². The van der Waals surface area contributed by atoms with Crippen LogP contribution in [0.2, 0.25) is 0 Å². The zero-order chi connectivity index (χ0) is 38.1. The van der Waals surface area contributed by atoms with E-state index >= 15 is 0 Å². The van der Waals surface area contributed by atoms with Crippen molar-refractivity contribution < 1.29 is 24.2 Å². The van der Waals surface area contributed by atoms with Gasteiger partial charge in [0.1, 0.15) is 6.61 Å². The molecule has 2 aromatic heterocycles. The van der Waals surface area contributed by atoms with Crippen LogP contribution in [-0.2, 0) is 24.7 Å². The van der Waals surface area contributed by atoms with Gasteiger partial charge < -0.3 is 14.7 Å². The van der Waals surface area contributed by atoms with Crippen molar-refractivity contribution in [2.75, 3.05) is 32.1 Å². The molecule has 55 heavy (non-hydrogen) atoms. The van der Waals surface area contributed by atoms with Gasteiger partial charge in [0, 0.05) is 55.7 Å². The maximum atomic E-state index is 14.6. The first-order chi connectivity index (χ1) is 26.8. The first kappa shape index (κ1) is 35.6. The number of esters is 1. The second kappa shape index (κ2) is 14.8. The third kappa shape index (κ3) is 6.36. The van der Waals surface area contributed by atoms with Crippen molar-refractivity contribution >= 4 is 35.1 Å². The number of likely N-dealkylation sites (tertiary alicyclic amines) is 1. The van der Waals surface area contributed by atoms with Gasteiger partial charge in [0.2, 0.25) is 11.8 Å². The minimum Gasteiger partial charge on any atom is -0.461 e. The molecule has 8 rings (SSSR count). The maximum Gasteiger partial charge on any atom is 0.330 e. The SMILES string of the molecule is CN(C)c1ccc(/C=C/C(=O)OCCN2C(=O)[C@@H]3[C@@H]4C(C(O)(c5ccccc5)c5ccccn5)=C[C@@H](C4=C(c4ccccc4)c4ccccn4)[C@@H]3C2=O)cc1. The van der Waals surface area contributed by atoms with Gasteiger partial charge >= 0.3 is 5.97 Å². The molecule has 1 unspecified atom stereocenters. The van der Waals surface area contributed by atoms with Crippen molar-refractivity contribution in [2.24, 2.45) is 23.7 Å². The average Bonchev–Trinajstić information content (AvgIpc) is 3.84. The minimum atomic E-state index is -1.71. The number of allylic oxidation sites excluding steroid dienone is 2. The fraction of sp³-hybridized carbons (Fsp3) is 0.196. The van der Waals surface area contributed by atoms with Gasteiger partial charge in [-0.25, -0.2) is 4.79 Å². The summed E-state index contributed by atoms with van der Waals surface area (Å²) in [5.74, 6) is -3.94. The molecule has 274 valence electrons. The average molecular weight is 729 g/mol. The fourth-order valence-corrected chi connectivity index (χ4v) is 8.47. The summed E-state index contributed by atoms with van der Waals surface area (Å²) in [4.78, 5) is 54.3. The van der Waals surface area contributed by atoms with E-state index < -0.39 is 35.2 Å². The lowest BCUT2D eigenvalue weighted by Gasteiger charge is -2.36. The molecule has 5 atom stereocenters. The van der Waals surface area contributed by atoms with E-state index in [2.05, 4.69) is 4.98 Å². The van der Waals surface area contributed by atoms with E-state index in [9.17, 15) is 19.5 Å². The van der Waals surface area contributed by atoms with Gasteiger partial charge in [-0.1, -0.05) is 91.0 Å². The van der Waals surface area contributed by atoms with Crippen LogP contribution in [0.3, 0.4) is 0 Å². The number of anilines is 1. The minimum absolute atomic E-state index is 0.0788. The molecule has 3 aliphatic rings. The number of hydrogen-bond acceptors (Lipinski definition) is 8. The Morgan fingerprint density at radius 3 is 2.13 bits per heavy atom. The molecule has 2 fully saturated rings. The lowest BCUT2D eigenvalue weighted by atomic mass is 9.71. The molecule has 1 aliphatic heterocycles. The third-order valence-electron chi connectivity index (χ3n) is 10.9. The topological polar surface area (TPSA) is 113 Å². The van der Waals surface area contributed by atoms with E-state index in [1.54, 1.807) is 30.6 Å². The standard InChI is InChI=1S/C46H40N4O5/c1-49(2)33-22-19-30(20-23-33)21-24-38(51)55-28-27-50-44(52)41-34-29-35(46(54,32-15-7-4-8-16-32)37-18-10-12-26-48-37)42(43(41)45(50)53)40(34)39(31-13-5-3-6-14-31)36-17-9-11-25-47-36/h3-26,29,34,41-43,54H,27-28H2,1-2H3/b24-21+,40-39?/t34-,41-,42+,43-,46?/m0/s1. The molecule has 1 saturated carbocycles. The van der Waals surface area contributed by atoms with Crippen LogP contribution in [0.15, 0.2) is 157 Å². The molecule has 3 heterocycles. The number of ether oxygens (including phenoxy) is 1. The Morgan fingerprint density at radius 2 is 1.47 bits per heavy atom. The molecule has 1 saturated heterocycles. The molecule has 2 aliphatic carbocycles. The van der Waals surface area contributed by atoms with Crippen LogP contribution >= 0.6 is 0 Å². The summed E-state index contributed by atoms with van der Waals surface area (Å²) in [6.45, 7) is -0.229. The highest BCUT2D eigenvalue weighted by atomic mass is 16.5. The molecule has 9 heteroatoms. The molecule has 9 nitrogen and oxygen atoms in total. The molecular weight excluding hydrogens is 689 g/mol. The number of amides is 2. The number of imide groups is 1. The number of nitrogens with zero attached hydrogens (tertiary/aromatic N) is 4. The number of hydrogen-bond donors (Lipinski definition) is 1. The molecule has 3 aromatic carbocycles. The highest BCUT2D eigenvalue weighted by Gasteiger charge is 2.66. The molecule has 0 spiro atoms. The Hall–Kier alpha value is -6.45. The van der Waals surface area contributed by atoms with Gasteiger partial charge in [-0.05, 0) is 70.3 Å². The Kier molecular flexibility index (Phi) is 9.55. The first-order valence-electron chi connectivity index (χ1n) is 18.4. The van der Waals surface area contributed by atoms with Gasteiger partial charge in [-0.2, -0.15) is 0 Å². The van der Waals surface area contributed by atoms with Crippen molar-refractivity contribution in [3.05, 3.63) is 185 Å². The second-order valence-electron chi connectivity index (χ2n) is 14.2. The molecule has 2 amide bonds. The fourth-order valence-electron chi connectivity index (χ4n) is 8.47. The van der Waals surface area contributed by atoms with Crippen LogP contribution in [0, 0.1) is 23.7 Å². The summed E-state index contributed by atoms with van der Waals surface area (Å²) in [6.07, 6.45) is 8.36. The number of rotatable bonds is 11. The smallest absolute Gasteiger partial charge is 0.330 e. The summed E-state index contributed by atoms with van der Waals surface area (Å²) in [5, 5.41) is 13.1. The van der Waals surface area contributed by atoms with Crippen LogP contribution in [0.4, 0.5) is 5.69 Å². The predicted molar refractivity (Wildman–Crippen MR) is 210 cm³/mol. The van der Waals surface area contributed by atoms with E-state index in [4.69, 9.17) is 9.72 Å². The number of carbonyl (C=O) groups is 3. The van der Waals surface area contributed by atoms with E-state index in [-0.39, 0.29) is 25.0 Å². The van der Waals surface area contributed by atoms with Crippen molar-refractivity contribution in [3.63, 3.8) is 0 Å². The van der Waals surface area contributed by atoms with Crippen molar-refractivity contribution in [1.29, 1.82) is 0 Å². The highest BCUT2D eigenvalue weighted by Crippen LogP contribution is 2.64. The zero-order valence-corrected chi connectivity index (χ0v) is 30.5. The quantitative estimate of drug-likeness (QED) is 0.0728. The predicted octanol–water partition coefficient (Wildman–Crippen LogP) is 6.32. The molecule has 1 N–H and O–H groups in total. The number of aliphatic hydroxyl groups is 1. The normalized spacial score (nSPS) is 22.0. The van der Waals surface area contributed by atoms with Crippen LogP contribution in [-0.4, -0.2) is 65.0 Å². The number of carbonyl (C=O) groups excluding carboxylic acids is 3. The Balaban J connectivity index is 1.15. The van der Waals surface area contributed by atoms with Crippen LogP contribution < -0.4 is 4.90 Å². The van der Waals surface area contributed by atoms with Crippen molar-refractivity contribution in [3.8, 4) is 0 Å². The van der Waals surface area contributed by atoms with Gasteiger partial charge in [0.15, 0.2) is 5.60 Å². The van der Waals surface area contributed by atoms with Gasteiger partial charge in [-0.15, -0.1) is 0 Å². The van der Waals surface area contributed by atoms with Crippen LogP contribution in [0.5, 0.6) is 0 Å². The summed E-state index contributed by atoms with van der Waals surface area (Å²) >= 11 is 0. The summed E-state index contributed by atoms with van der Waals surface area (Å²) in [7, 11) is 3.91. The van der Waals surface area contributed by atoms with Crippen LogP contribution in [0.1, 0.15) is 28.1 Å². The zero-order valence-electron chi connectivity index (χ0n) is 30.5. The van der Waals surface area contributed by atoms with Crippen LogP contribution in [0.25, 0.3) is 11.6 Å². The lowest BCUT2D eigenvalue weighted by molar-refractivity contribution is -0.145. The van der Waals surface area contributed by atoms with Gasteiger partial charge in [0.05, 0.1) is 29.8 Å². The van der Waals surface area contributed by atoms with Crippen molar-refractivity contribution in [2.45, 2.75) is 5.60 Å². The number of aromatic nitrogens is 2. The summed E-state index contributed by atoms with van der Waals surface area (Å²) in [6, 6.07) is 38.0. The van der Waals surface area contributed by atoms with Gasteiger partial charge in [-0.3, -0.25) is 24.5 Å². The van der Waals surface area contributed by atoms with Crippen molar-refractivity contribution in [1.82, 2.24) is 14.9 Å². The second-order valence-corrected chi connectivity index (χ2v) is 14.2. The third-order valence-corrected chi connectivity index (χ3v) is 10.9. The Bertz CT molecular complexity index is 2230. The molecule has 2 bridgehead atoms. The highest BCUT2D eigenvalue weighted by molar-refractivity contribution is 6.08. The van der Waals surface area contributed by atoms with E-state index in [1.807, 2.05) is 134 Å². The largest absolute Gasteiger partial charge is 0.461 e. The maximum absolute atomic E-state index is 14.6. The lowest BCUT2D eigenvalue weighted by Crippen LogP contribution is -2.39. The number of pyridine rings is 2. The van der Waals surface area contributed by atoms with E-state index in [0.717, 1.165) is 28.0 Å². The molecule has 0 radical (unpaired) electrons.